The second-order valence-corrected chi connectivity index (χ2v) is 7.96. The third kappa shape index (κ3) is 4.02. The highest BCUT2D eigenvalue weighted by Gasteiger charge is 2.07. The topological polar surface area (TPSA) is 35.8 Å². The Balaban J connectivity index is 2.02. The standard InChI is InChI=1S/C15H15BrN2S2/c1-2-19-14-5-3-4-13(12(14)10-17)18-9-8-11-6-7-15(16)20-11/h3-7,18H,2,8-9H2,1H3. The van der Waals surface area contributed by atoms with Crippen molar-refractivity contribution in [2.45, 2.75) is 18.2 Å². The Bertz CT molecular complexity index is 617. The molecule has 0 aliphatic carbocycles. The molecule has 2 nitrogen and oxygen atoms in total. The van der Waals surface area contributed by atoms with Gasteiger partial charge in [0.15, 0.2) is 0 Å². The summed E-state index contributed by atoms with van der Waals surface area (Å²) in [6.07, 6.45) is 0.965. The van der Waals surface area contributed by atoms with Crippen LogP contribution < -0.4 is 5.32 Å². The Hall–Kier alpha value is -0.960. The molecule has 0 fully saturated rings. The van der Waals surface area contributed by atoms with E-state index in [1.165, 1.54) is 4.88 Å². The third-order valence-electron chi connectivity index (χ3n) is 2.75. The number of rotatable bonds is 6. The van der Waals surface area contributed by atoms with Crippen LogP contribution in [0.1, 0.15) is 17.4 Å². The molecule has 0 amide bonds. The van der Waals surface area contributed by atoms with Gasteiger partial charge in [0.1, 0.15) is 6.07 Å². The van der Waals surface area contributed by atoms with E-state index < -0.39 is 0 Å². The number of anilines is 1. The first-order valence-corrected chi connectivity index (χ1v) is 8.98. The SMILES string of the molecule is CCSc1cccc(NCCc2ccc(Br)s2)c1C#N. The number of hydrogen-bond donors (Lipinski definition) is 1. The first-order valence-electron chi connectivity index (χ1n) is 6.38. The summed E-state index contributed by atoms with van der Waals surface area (Å²) in [6, 6.07) is 12.5. The number of nitriles is 1. The van der Waals surface area contributed by atoms with Crippen molar-refractivity contribution in [3.8, 4) is 6.07 Å². The highest BCUT2D eigenvalue weighted by molar-refractivity contribution is 9.11. The second kappa shape index (κ2) is 7.72. The lowest BCUT2D eigenvalue weighted by Crippen LogP contribution is -2.05. The molecular weight excluding hydrogens is 352 g/mol. The third-order valence-corrected chi connectivity index (χ3v) is 5.38. The molecule has 0 spiro atoms. The summed E-state index contributed by atoms with van der Waals surface area (Å²) in [5.74, 6) is 0.974. The second-order valence-electron chi connectivity index (χ2n) is 4.11. The maximum Gasteiger partial charge on any atom is 0.102 e. The molecule has 5 heteroatoms. The van der Waals surface area contributed by atoms with Crippen LogP contribution in [0.15, 0.2) is 39.0 Å². The Labute approximate surface area is 136 Å². The minimum atomic E-state index is 0.756. The predicted octanol–water partition coefficient (Wildman–Crippen LogP) is 5.15. The number of thioether (sulfide) groups is 1. The summed E-state index contributed by atoms with van der Waals surface area (Å²) in [5.41, 5.74) is 1.69. The Morgan fingerprint density at radius 1 is 1.35 bits per heavy atom. The zero-order valence-corrected chi connectivity index (χ0v) is 14.4. The van der Waals surface area contributed by atoms with Gasteiger partial charge in [-0.05, 0) is 52.4 Å². The fourth-order valence-electron chi connectivity index (χ4n) is 1.88. The van der Waals surface area contributed by atoms with Crippen LogP contribution in [0.4, 0.5) is 5.69 Å². The van der Waals surface area contributed by atoms with Crippen LogP contribution in [-0.2, 0) is 6.42 Å². The number of halogens is 1. The molecule has 1 aromatic heterocycles. The van der Waals surface area contributed by atoms with Gasteiger partial charge < -0.3 is 5.32 Å². The fraction of sp³-hybridized carbons (Fsp3) is 0.267. The summed E-state index contributed by atoms with van der Waals surface area (Å²) >= 11 is 6.93. The molecule has 1 N–H and O–H groups in total. The first-order chi connectivity index (χ1) is 9.74. The van der Waals surface area contributed by atoms with Crippen LogP contribution in [0.3, 0.4) is 0 Å². The van der Waals surface area contributed by atoms with Crippen molar-refractivity contribution in [2.75, 3.05) is 17.6 Å². The number of benzene rings is 1. The van der Waals surface area contributed by atoms with Gasteiger partial charge in [0.05, 0.1) is 15.0 Å². The van der Waals surface area contributed by atoms with E-state index >= 15 is 0 Å². The molecular formula is C15H15BrN2S2. The van der Waals surface area contributed by atoms with Gasteiger partial charge in [-0.3, -0.25) is 0 Å². The lowest BCUT2D eigenvalue weighted by Gasteiger charge is -2.10. The number of thiophene rings is 1. The van der Waals surface area contributed by atoms with Crippen LogP contribution in [0, 0.1) is 11.3 Å². The van der Waals surface area contributed by atoms with Gasteiger partial charge in [0.2, 0.25) is 0 Å². The quantitative estimate of drug-likeness (QED) is 0.718. The monoisotopic (exact) mass is 366 g/mol. The molecule has 104 valence electrons. The van der Waals surface area contributed by atoms with Gasteiger partial charge in [-0.1, -0.05) is 13.0 Å². The summed E-state index contributed by atoms with van der Waals surface area (Å²) < 4.78 is 1.16. The minimum Gasteiger partial charge on any atom is -0.384 e. The Morgan fingerprint density at radius 2 is 2.20 bits per heavy atom. The van der Waals surface area contributed by atoms with Crippen LogP contribution in [-0.4, -0.2) is 12.3 Å². The lowest BCUT2D eigenvalue weighted by molar-refractivity contribution is 1.04. The summed E-state index contributed by atoms with van der Waals surface area (Å²) in [4.78, 5) is 2.39. The van der Waals surface area contributed by atoms with Gasteiger partial charge >= 0.3 is 0 Å². The lowest BCUT2D eigenvalue weighted by atomic mass is 10.2. The maximum absolute atomic E-state index is 9.34. The zero-order valence-electron chi connectivity index (χ0n) is 11.1. The largest absolute Gasteiger partial charge is 0.384 e. The van der Waals surface area contributed by atoms with Crippen molar-refractivity contribution in [3.63, 3.8) is 0 Å². The maximum atomic E-state index is 9.34. The van der Waals surface area contributed by atoms with E-state index in [1.54, 1.807) is 23.1 Å². The molecule has 0 bridgehead atoms. The predicted molar refractivity (Wildman–Crippen MR) is 91.8 cm³/mol. The number of nitrogens with zero attached hydrogens (tertiary/aromatic N) is 1. The van der Waals surface area contributed by atoms with E-state index in [2.05, 4.69) is 46.4 Å². The van der Waals surface area contributed by atoms with E-state index in [4.69, 9.17) is 0 Å². The number of hydrogen-bond acceptors (Lipinski definition) is 4. The molecule has 0 radical (unpaired) electrons. The van der Waals surface area contributed by atoms with Crippen LogP contribution in [0.2, 0.25) is 0 Å². The van der Waals surface area contributed by atoms with Crippen molar-refractivity contribution < 1.29 is 0 Å². The summed E-state index contributed by atoms with van der Waals surface area (Å²) in [5, 5.41) is 12.7. The smallest absolute Gasteiger partial charge is 0.102 e. The molecule has 1 heterocycles. The average molecular weight is 367 g/mol. The van der Waals surface area contributed by atoms with Crippen LogP contribution in [0.5, 0.6) is 0 Å². The molecule has 1 aromatic carbocycles. The average Bonchev–Trinajstić information content (AvgIpc) is 2.85. The summed E-state index contributed by atoms with van der Waals surface area (Å²) in [7, 11) is 0. The van der Waals surface area contributed by atoms with Gasteiger partial charge in [0, 0.05) is 16.3 Å². The minimum absolute atomic E-state index is 0.756. The fourth-order valence-corrected chi connectivity index (χ4v) is 4.14. The molecule has 0 saturated carbocycles. The van der Waals surface area contributed by atoms with Gasteiger partial charge in [-0.25, -0.2) is 0 Å². The van der Waals surface area contributed by atoms with Crippen LogP contribution >= 0.6 is 39.0 Å². The molecule has 2 aromatic rings. The van der Waals surface area contributed by atoms with Gasteiger partial charge in [0.25, 0.3) is 0 Å². The van der Waals surface area contributed by atoms with Crippen molar-refractivity contribution in [1.82, 2.24) is 0 Å². The van der Waals surface area contributed by atoms with Crippen molar-refractivity contribution in [2.24, 2.45) is 0 Å². The Morgan fingerprint density at radius 3 is 2.85 bits per heavy atom. The molecule has 0 atom stereocenters. The van der Waals surface area contributed by atoms with E-state index in [-0.39, 0.29) is 0 Å². The van der Waals surface area contributed by atoms with Crippen LogP contribution in [0.25, 0.3) is 0 Å². The highest BCUT2D eigenvalue weighted by atomic mass is 79.9. The highest BCUT2D eigenvalue weighted by Crippen LogP contribution is 2.28. The molecule has 0 unspecified atom stereocenters. The zero-order chi connectivity index (χ0) is 14.4. The molecule has 0 aliphatic heterocycles. The Kier molecular flexibility index (Phi) is 5.96. The van der Waals surface area contributed by atoms with Crippen molar-refractivity contribution in [3.05, 3.63) is 44.6 Å². The normalized spacial score (nSPS) is 10.2. The van der Waals surface area contributed by atoms with E-state index in [9.17, 15) is 5.26 Å². The summed E-state index contributed by atoms with van der Waals surface area (Å²) in [6.45, 7) is 2.93. The van der Waals surface area contributed by atoms with E-state index in [0.717, 1.165) is 38.7 Å². The van der Waals surface area contributed by atoms with E-state index in [0.29, 0.717) is 0 Å². The van der Waals surface area contributed by atoms with Crippen molar-refractivity contribution >= 4 is 44.7 Å². The molecule has 0 aliphatic rings. The number of nitrogens with one attached hydrogen (secondary N) is 1. The molecule has 0 saturated heterocycles. The van der Waals surface area contributed by atoms with Gasteiger partial charge in [-0.2, -0.15) is 5.26 Å². The van der Waals surface area contributed by atoms with E-state index in [1.807, 2.05) is 18.2 Å². The molecule has 2 rings (SSSR count). The van der Waals surface area contributed by atoms with Gasteiger partial charge in [-0.15, -0.1) is 23.1 Å². The van der Waals surface area contributed by atoms with Crippen molar-refractivity contribution in [1.29, 1.82) is 5.26 Å². The first kappa shape index (κ1) is 15.4. The molecule has 20 heavy (non-hydrogen) atoms.